The molecule has 27 heavy (non-hydrogen) atoms. The molecule has 0 bridgehead atoms. The van der Waals surface area contributed by atoms with Gasteiger partial charge in [0.15, 0.2) is 5.78 Å². The van der Waals surface area contributed by atoms with Crippen molar-refractivity contribution in [1.29, 1.82) is 0 Å². The third kappa shape index (κ3) is 6.27. The predicted octanol–water partition coefficient (Wildman–Crippen LogP) is 3.58. The van der Waals surface area contributed by atoms with Crippen LogP contribution in [-0.2, 0) is 4.74 Å². The van der Waals surface area contributed by atoms with Crippen molar-refractivity contribution in [3.63, 3.8) is 0 Å². The molecule has 1 amide bonds. The minimum atomic E-state index is -0.524. The summed E-state index contributed by atoms with van der Waals surface area (Å²) in [5.74, 6) is -0.126. The molecule has 0 unspecified atom stereocenters. The number of hydrogen-bond donors (Lipinski definition) is 2. The van der Waals surface area contributed by atoms with Crippen molar-refractivity contribution >= 4 is 29.3 Å². The topological polar surface area (TPSA) is 78.9 Å². The van der Waals surface area contributed by atoms with Gasteiger partial charge in [-0.2, -0.15) is 0 Å². The second kappa shape index (κ2) is 10.1. The lowest BCUT2D eigenvalue weighted by atomic mass is 10.1. The molecule has 0 atom stereocenters. The van der Waals surface area contributed by atoms with E-state index >= 15 is 0 Å². The molecular weight excluding hydrogens is 344 g/mol. The van der Waals surface area contributed by atoms with Gasteiger partial charge in [0.25, 0.3) is 0 Å². The van der Waals surface area contributed by atoms with Gasteiger partial charge in [0.1, 0.15) is 0 Å². The SMILES string of the molecule is CCOC(=O)Nc1ccc(C(=O)/C=C/c2ccc(N(C)CCO)cc2)cc1. The summed E-state index contributed by atoms with van der Waals surface area (Å²) in [6, 6.07) is 14.3. The van der Waals surface area contributed by atoms with Crippen molar-refractivity contribution in [3.8, 4) is 0 Å². The summed E-state index contributed by atoms with van der Waals surface area (Å²) in [5, 5.41) is 11.6. The average molecular weight is 368 g/mol. The highest BCUT2D eigenvalue weighted by atomic mass is 16.5. The molecule has 0 radical (unpaired) electrons. The lowest BCUT2D eigenvalue weighted by molar-refractivity contribution is 0.104. The average Bonchev–Trinajstić information content (AvgIpc) is 2.67. The summed E-state index contributed by atoms with van der Waals surface area (Å²) in [4.78, 5) is 25.6. The second-order valence-corrected chi connectivity index (χ2v) is 5.86. The predicted molar refractivity (Wildman–Crippen MR) is 107 cm³/mol. The van der Waals surface area contributed by atoms with Gasteiger partial charge in [-0.25, -0.2) is 4.79 Å². The quantitative estimate of drug-likeness (QED) is 0.550. The Kier molecular flexibility index (Phi) is 7.58. The number of carbonyl (C=O) groups excluding carboxylic acids is 2. The smallest absolute Gasteiger partial charge is 0.411 e. The van der Waals surface area contributed by atoms with Crippen LogP contribution in [-0.4, -0.2) is 43.8 Å². The summed E-state index contributed by atoms with van der Waals surface area (Å²) in [6.07, 6.45) is 2.74. The summed E-state index contributed by atoms with van der Waals surface area (Å²) in [6.45, 7) is 2.69. The van der Waals surface area contributed by atoms with Gasteiger partial charge < -0.3 is 14.7 Å². The fourth-order valence-corrected chi connectivity index (χ4v) is 2.39. The molecule has 2 aromatic carbocycles. The van der Waals surface area contributed by atoms with Crippen molar-refractivity contribution in [2.75, 3.05) is 37.0 Å². The van der Waals surface area contributed by atoms with E-state index in [9.17, 15) is 9.59 Å². The van der Waals surface area contributed by atoms with Gasteiger partial charge in [-0.1, -0.05) is 18.2 Å². The van der Waals surface area contributed by atoms with Crippen molar-refractivity contribution in [2.45, 2.75) is 6.92 Å². The molecule has 0 heterocycles. The van der Waals surface area contributed by atoms with Gasteiger partial charge in [-0.3, -0.25) is 10.1 Å². The Morgan fingerprint density at radius 3 is 2.37 bits per heavy atom. The van der Waals surface area contributed by atoms with Gasteiger partial charge >= 0.3 is 6.09 Å². The maximum absolute atomic E-state index is 12.3. The van der Waals surface area contributed by atoms with Crippen LogP contribution in [0.15, 0.2) is 54.6 Å². The molecule has 2 N–H and O–H groups in total. The summed E-state index contributed by atoms with van der Waals surface area (Å²) < 4.78 is 4.80. The van der Waals surface area contributed by atoms with Crippen molar-refractivity contribution < 1.29 is 19.4 Å². The number of nitrogens with one attached hydrogen (secondary N) is 1. The highest BCUT2D eigenvalue weighted by Gasteiger charge is 2.05. The zero-order valence-electron chi connectivity index (χ0n) is 15.5. The number of ether oxygens (including phenoxy) is 1. The van der Waals surface area contributed by atoms with Crippen LogP contribution in [0.5, 0.6) is 0 Å². The third-order valence-corrected chi connectivity index (χ3v) is 3.89. The molecule has 0 fully saturated rings. The molecule has 142 valence electrons. The number of ketones is 1. The molecular formula is C21H24N2O4. The van der Waals surface area contributed by atoms with Crippen LogP contribution in [0.1, 0.15) is 22.8 Å². The molecule has 2 rings (SSSR count). The number of nitrogens with zero attached hydrogens (tertiary/aromatic N) is 1. The van der Waals surface area contributed by atoms with E-state index in [0.717, 1.165) is 11.3 Å². The van der Waals surface area contributed by atoms with Crippen LogP contribution in [0.25, 0.3) is 6.08 Å². The van der Waals surface area contributed by atoms with Crippen LogP contribution in [0.3, 0.4) is 0 Å². The number of aliphatic hydroxyl groups is 1. The Bertz CT molecular complexity index is 783. The molecule has 0 spiro atoms. The Labute approximate surface area is 159 Å². The lowest BCUT2D eigenvalue weighted by Gasteiger charge is -2.17. The highest BCUT2D eigenvalue weighted by molar-refractivity contribution is 6.07. The van der Waals surface area contributed by atoms with Crippen molar-refractivity contribution in [2.24, 2.45) is 0 Å². The number of carbonyl (C=O) groups is 2. The van der Waals surface area contributed by atoms with Gasteiger partial charge in [-0.05, 0) is 55.0 Å². The number of allylic oxidation sites excluding steroid dienone is 1. The fourth-order valence-electron chi connectivity index (χ4n) is 2.39. The number of anilines is 2. The lowest BCUT2D eigenvalue weighted by Crippen LogP contribution is -2.20. The minimum absolute atomic E-state index is 0.0980. The minimum Gasteiger partial charge on any atom is -0.450 e. The van der Waals surface area contributed by atoms with Crippen molar-refractivity contribution in [3.05, 3.63) is 65.7 Å². The molecule has 6 heteroatoms. The number of benzene rings is 2. The Morgan fingerprint density at radius 2 is 1.78 bits per heavy atom. The molecule has 0 aromatic heterocycles. The van der Waals surface area contributed by atoms with Crippen LogP contribution in [0.4, 0.5) is 16.2 Å². The molecule has 0 saturated heterocycles. The first-order valence-corrected chi connectivity index (χ1v) is 8.71. The van der Waals surface area contributed by atoms with Crippen LogP contribution < -0.4 is 10.2 Å². The monoisotopic (exact) mass is 368 g/mol. The van der Waals surface area contributed by atoms with E-state index in [1.165, 1.54) is 6.08 Å². The van der Waals surface area contributed by atoms with Gasteiger partial charge in [0, 0.05) is 30.5 Å². The van der Waals surface area contributed by atoms with Gasteiger partial charge in [0.2, 0.25) is 0 Å². The largest absolute Gasteiger partial charge is 0.450 e. The summed E-state index contributed by atoms with van der Waals surface area (Å²) in [7, 11) is 1.91. The van der Waals surface area contributed by atoms with E-state index in [1.807, 2.05) is 36.2 Å². The van der Waals surface area contributed by atoms with E-state index in [1.54, 1.807) is 37.3 Å². The number of likely N-dealkylation sites (N-methyl/N-ethyl adjacent to an activating group) is 1. The Balaban J connectivity index is 1.96. The molecule has 0 aliphatic carbocycles. The third-order valence-electron chi connectivity index (χ3n) is 3.89. The first kappa shape index (κ1) is 20.2. The fraction of sp³-hybridized carbons (Fsp3) is 0.238. The number of aliphatic hydroxyl groups excluding tert-OH is 1. The number of rotatable bonds is 8. The Hall–Kier alpha value is -3.12. The summed E-state index contributed by atoms with van der Waals surface area (Å²) >= 11 is 0. The maximum atomic E-state index is 12.3. The van der Waals surface area contributed by atoms with E-state index in [-0.39, 0.29) is 12.4 Å². The molecule has 6 nitrogen and oxygen atoms in total. The molecule has 0 aliphatic heterocycles. The zero-order valence-corrected chi connectivity index (χ0v) is 15.5. The molecule has 2 aromatic rings. The zero-order chi connectivity index (χ0) is 19.6. The second-order valence-electron chi connectivity index (χ2n) is 5.86. The highest BCUT2D eigenvalue weighted by Crippen LogP contribution is 2.15. The van der Waals surface area contributed by atoms with E-state index < -0.39 is 6.09 Å². The first-order valence-electron chi connectivity index (χ1n) is 8.71. The number of amides is 1. The van der Waals surface area contributed by atoms with Crippen LogP contribution in [0, 0.1) is 0 Å². The van der Waals surface area contributed by atoms with Crippen LogP contribution >= 0.6 is 0 Å². The normalized spacial score (nSPS) is 10.6. The first-order chi connectivity index (χ1) is 13.0. The molecule has 0 saturated carbocycles. The van der Waals surface area contributed by atoms with Crippen LogP contribution in [0.2, 0.25) is 0 Å². The number of hydrogen-bond acceptors (Lipinski definition) is 5. The Morgan fingerprint density at radius 1 is 1.11 bits per heavy atom. The van der Waals surface area contributed by atoms with E-state index in [4.69, 9.17) is 9.84 Å². The van der Waals surface area contributed by atoms with E-state index in [0.29, 0.717) is 24.4 Å². The van der Waals surface area contributed by atoms with Gasteiger partial charge in [0.05, 0.1) is 13.2 Å². The maximum Gasteiger partial charge on any atom is 0.411 e. The van der Waals surface area contributed by atoms with Crippen molar-refractivity contribution in [1.82, 2.24) is 0 Å². The molecule has 0 aliphatic rings. The standard InChI is InChI=1S/C21H24N2O4/c1-3-27-21(26)22-18-9-7-17(8-10-18)20(25)13-6-16-4-11-19(12-5-16)23(2)14-15-24/h4-13,24H,3,14-15H2,1-2H3,(H,22,26)/b13-6+. The summed E-state index contributed by atoms with van der Waals surface area (Å²) in [5.41, 5.74) is 3.00. The van der Waals surface area contributed by atoms with E-state index in [2.05, 4.69) is 5.32 Å². The van der Waals surface area contributed by atoms with Gasteiger partial charge in [-0.15, -0.1) is 0 Å².